The Morgan fingerprint density at radius 3 is 2.50 bits per heavy atom. The Labute approximate surface area is 120 Å². The molecule has 5 heteroatoms. The molecule has 1 amide bonds. The lowest BCUT2D eigenvalue weighted by Gasteiger charge is -2.08. The molecule has 0 radical (unpaired) electrons. The highest BCUT2D eigenvalue weighted by atomic mass is 16.1. The summed E-state index contributed by atoms with van der Waals surface area (Å²) >= 11 is 0. The molecule has 1 aromatic rings. The number of nitrogens with zero attached hydrogens (tertiary/aromatic N) is 1. The summed E-state index contributed by atoms with van der Waals surface area (Å²) in [6, 6.07) is 6.10. The van der Waals surface area contributed by atoms with Gasteiger partial charge in [-0.05, 0) is 43.5 Å². The summed E-state index contributed by atoms with van der Waals surface area (Å²) in [7, 11) is 0. The number of carbonyl (C=O) groups excluding carboxylic acids is 1. The third-order valence-corrected chi connectivity index (χ3v) is 2.69. The Morgan fingerprint density at radius 2 is 1.90 bits per heavy atom. The van der Waals surface area contributed by atoms with E-state index in [1.165, 1.54) is 11.1 Å². The van der Waals surface area contributed by atoms with Crippen LogP contribution in [0.5, 0.6) is 0 Å². The van der Waals surface area contributed by atoms with E-state index in [9.17, 15) is 4.79 Å². The molecule has 0 aliphatic heterocycles. The number of carbonyl (C=O) groups is 1. The Hall–Kier alpha value is -2.04. The number of aryl methyl sites for hydroxylation is 2. The van der Waals surface area contributed by atoms with Crippen LogP contribution < -0.4 is 16.4 Å². The van der Waals surface area contributed by atoms with Crippen LogP contribution in [-0.2, 0) is 4.79 Å². The molecule has 1 aromatic carbocycles. The van der Waals surface area contributed by atoms with Gasteiger partial charge in [0.15, 0.2) is 5.96 Å². The van der Waals surface area contributed by atoms with Crippen LogP contribution in [0.15, 0.2) is 23.2 Å². The van der Waals surface area contributed by atoms with Crippen molar-refractivity contribution in [3.8, 4) is 0 Å². The topological polar surface area (TPSA) is 79.5 Å². The van der Waals surface area contributed by atoms with Gasteiger partial charge in [-0.25, -0.2) is 0 Å². The second-order valence-electron chi connectivity index (χ2n) is 4.87. The molecule has 110 valence electrons. The SMILES string of the molecule is CCCNC(=O)CCN=C(N)Nc1cc(C)cc(C)c1. The number of nitrogens with two attached hydrogens (primary N) is 1. The molecular formula is C15H24N4O. The first-order valence-electron chi connectivity index (χ1n) is 6.93. The number of nitrogens with one attached hydrogen (secondary N) is 2. The van der Waals surface area contributed by atoms with E-state index >= 15 is 0 Å². The van der Waals surface area contributed by atoms with Crippen molar-refractivity contribution in [2.24, 2.45) is 10.7 Å². The van der Waals surface area contributed by atoms with Gasteiger partial charge in [0.05, 0.1) is 6.54 Å². The molecule has 0 atom stereocenters. The van der Waals surface area contributed by atoms with Crippen molar-refractivity contribution in [2.45, 2.75) is 33.6 Å². The van der Waals surface area contributed by atoms with Crippen LogP contribution in [0.4, 0.5) is 5.69 Å². The standard InChI is InChI=1S/C15H24N4O/c1-4-6-17-14(20)5-7-18-15(16)19-13-9-11(2)8-12(3)10-13/h8-10H,4-7H2,1-3H3,(H,17,20)(H3,16,18,19). The van der Waals surface area contributed by atoms with Crippen molar-refractivity contribution in [1.82, 2.24) is 5.32 Å². The number of amides is 1. The van der Waals surface area contributed by atoms with E-state index in [0.717, 1.165) is 12.1 Å². The molecule has 0 heterocycles. The molecule has 0 saturated heterocycles. The molecular weight excluding hydrogens is 252 g/mol. The van der Waals surface area contributed by atoms with Crippen molar-refractivity contribution in [3.63, 3.8) is 0 Å². The van der Waals surface area contributed by atoms with Gasteiger partial charge in [0.25, 0.3) is 0 Å². The molecule has 0 aliphatic carbocycles. The lowest BCUT2D eigenvalue weighted by molar-refractivity contribution is -0.120. The van der Waals surface area contributed by atoms with Crippen molar-refractivity contribution in [2.75, 3.05) is 18.4 Å². The number of aliphatic imine (C=N–C) groups is 1. The van der Waals surface area contributed by atoms with Crippen LogP contribution in [-0.4, -0.2) is 25.0 Å². The van der Waals surface area contributed by atoms with Crippen LogP contribution in [0.1, 0.15) is 30.9 Å². The number of hydrogen-bond acceptors (Lipinski definition) is 2. The summed E-state index contributed by atoms with van der Waals surface area (Å²) < 4.78 is 0. The molecule has 0 aliphatic rings. The molecule has 0 spiro atoms. The molecule has 0 unspecified atom stereocenters. The molecule has 0 bridgehead atoms. The minimum Gasteiger partial charge on any atom is -0.370 e. The minimum atomic E-state index is 0.00907. The van der Waals surface area contributed by atoms with E-state index in [0.29, 0.717) is 25.5 Å². The summed E-state index contributed by atoms with van der Waals surface area (Å²) in [6.07, 6.45) is 1.29. The molecule has 0 aromatic heterocycles. The van der Waals surface area contributed by atoms with E-state index in [4.69, 9.17) is 5.73 Å². The average Bonchev–Trinajstić information content (AvgIpc) is 2.35. The smallest absolute Gasteiger partial charge is 0.221 e. The monoisotopic (exact) mass is 276 g/mol. The molecule has 4 N–H and O–H groups in total. The zero-order chi connectivity index (χ0) is 15.0. The predicted molar refractivity (Wildman–Crippen MR) is 83.9 cm³/mol. The van der Waals surface area contributed by atoms with Crippen molar-refractivity contribution < 1.29 is 4.79 Å². The van der Waals surface area contributed by atoms with E-state index < -0.39 is 0 Å². The summed E-state index contributed by atoms with van der Waals surface area (Å²) in [5.74, 6) is 0.341. The van der Waals surface area contributed by atoms with Crippen LogP contribution in [0.2, 0.25) is 0 Å². The Morgan fingerprint density at radius 1 is 1.25 bits per heavy atom. The van der Waals surface area contributed by atoms with Gasteiger partial charge in [0.2, 0.25) is 5.91 Å². The van der Waals surface area contributed by atoms with Crippen LogP contribution in [0.3, 0.4) is 0 Å². The van der Waals surface area contributed by atoms with Gasteiger partial charge in [-0.1, -0.05) is 13.0 Å². The van der Waals surface area contributed by atoms with Gasteiger partial charge < -0.3 is 16.4 Å². The van der Waals surface area contributed by atoms with Gasteiger partial charge in [0.1, 0.15) is 0 Å². The Balaban J connectivity index is 2.43. The quantitative estimate of drug-likeness (QED) is 0.549. The Bertz CT molecular complexity index is 463. The van der Waals surface area contributed by atoms with Gasteiger partial charge in [-0.2, -0.15) is 0 Å². The maximum Gasteiger partial charge on any atom is 0.221 e. The fourth-order valence-electron chi connectivity index (χ4n) is 1.86. The van der Waals surface area contributed by atoms with Crippen LogP contribution in [0.25, 0.3) is 0 Å². The third kappa shape index (κ3) is 6.22. The highest BCUT2D eigenvalue weighted by Crippen LogP contribution is 2.13. The van der Waals surface area contributed by atoms with E-state index in [-0.39, 0.29) is 5.91 Å². The van der Waals surface area contributed by atoms with Crippen LogP contribution in [0, 0.1) is 13.8 Å². The normalized spacial score (nSPS) is 11.2. The number of rotatable bonds is 6. The van der Waals surface area contributed by atoms with Gasteiger partial charge in [-0.3, -0.25) is 9.79 Å². The van der Waals surface area contributed by atoms with Crippen molar-refractivity contribution >= 4 is 17.6 Å². The van der Waals surface area contributed by atoms with E-state index in [2.05, 4.69) is 21.7 Å². The van der Waals surface area contributed by atoms with Crippen LogP contribution >= 0.6 is 0 Å². The van der Waals surface area contributed by atoms with Gasteiger partial charge in [0, 0.05) is 18.7 Å². The van der Waals surface area contributed by atoms with E-state index in [1.807, 2.05) is 32.9 Å². The number of benzene rings is 1. The van der Waals surface area contributed by atoms with Gasteiger partial charge in [-0.15, -0.1) is 0 Å². The highest BCUT2D eigenvalue weighted by Gasteiger charge is 2.00. The summed E-state index contributed by atoms with van der Waals surface area (Å²) in [4.78, 5) is 15.5. The summed E-state index contributed by atoms with van der Waals surface area (Å²) in [5, 5.41) is 5.84. The minimum absolute atomic E-state index is 0.00907. The average molecular weight is 276 g/mol. The molecule has 0 fully saturated rings. The number of hydrogen-bond donors (Lipinski definition) is 3. The zero-order valence-electron chi connectivity index (χ0n) is 12.5. The maximum absolute atomic E-state index is 11.4. The molecule has 5 nitrogen and oxygen atoms in total. The largest absolute Gasteiger partial charge is 0.370 e. The zero-order valence-corrected chi connectivity index (χ0v) is 12.5. The first kappa shape index (κ1) is 16.0. The second kappa shape index (κ2) is 8.19. The molecule has 0 saturated carbocycles. The number of guanidine groups is 1. The highest BCUT2D eigenvalue weighted by molar-refractivity contribution is 5.92. The second-order valence-corrected chi connectivity index (χ2v) is 4.87. The van der Waals surface area contributed by atoms with Crippen molar-refractivity contribution in [3.05, 3.63) is 29.3 Å². The predicted octanol–water partition coefficient (Wildman–Crippen LogP) is 1.95. The fraction of sp³-hybridized carbons (Fsp3) is 0.467. The third-order valence-electron chi connectivity index (χ3n) is 2.69. The van der Waals surface area contributed by atoms with E-state index in [1.54, 1.807) is 0 Å². The van der Waals surface area contributed by atoms with Gasteiger partial charge >= 0.3 is 0 Å². The summed E-state index contributed by atoms with van der Waals surface area (Å²) in [6.45, 7) is 7.18. The first-order valence-corrected chi connectivity index (χ1v) is 6.93. The molecule has 20 heavy (non-hydrogen) atoms. The van der Waals surface area contributed by atoms with Crippen molar-refractivity contribution in [1.29, 1.82) is 0 Å². The Kier molecular flexibility index (Phi) is 6.56. The fourth-order valence-corrected chi connectivity index (χ4v) is 1.86. The molecule has 1 rings (SSSR count). The lowest BCUT2D eigenvalue weighted by atomic mass is 10.1. The maximum atomic E-state index is 11.4. The summed E-state index contributed by atoms with van der Waals surface area (Å²) in [5.41, 5.74) is 9.05. The first-order chi connectivity index (χ1) is 9.51. The number of anilines is 1. The lowest BCUT2D eigenvalue weighted by Crippen LogP contribution is -2.26.